The van der Waals surface area contributed by atoms with E-state index in [0.717, 1.165) is 12.1 Å². The molecule has 3 rings (SSSR count). The summed E-state index contributed by atoms with van der Waals surface area (Å²) in [6.07, 6.45) is -4.44. The maximum Gasteiger partial charge on any atom is 0.416 e. The van der Waals surface area contributed by atoms with E-state index in [-0.39, 0.29) is 0 Å². The zero-order chi connectivity index (χ0) is 20.1. The van der Waals surface area contributed by atoms with E-state index in [9.17, 15) is 22.4 Å². The minimum Gasteiger partial charge on any atom is -0.327 e. The molecule has 0 saturated heterocycles. The molecular formula is C21H16F4N2O. The largest absolute Gasteiger partial charge is 0.416 e. The van der Waals surface area contributed by atoms with Crippen molar-refractivity contribution in [3.05, 3.63) is 101 Å². The van der Waals surface area contributed by atoms with Crippen LogP contribution in [0.3, 0.4) is 0 Å². The Morgan fingerprint density at radius 2 is 1.36 bits per heavy atom. The number of alkyl halides is 3. The van der Waals surface area contributed by atoms with E-state index in [1.807, 2.05) is 0 Å². The van der Waals surface area contributed by atoms with E-state index >= 15 is 0 Å². The number of amides is 2. The van der Waals surface area contributed by atoms with Crippen molar-refractivity contribution in [3.63, 3.8) is 0 Å². The number of hydrogen-bond acceptors (Lipinski definition) is 1. The Morgan fingerprint density at radius 3 is 1.93 bits per heavy atom. The molecule has 0 heterocycles. The van der Waals surface area contributed by atoms with Crippen molar-refractivity contribution in [2.24, 2.45) is 0 Å². The van der Waals surface area contributed by atoms with Crippen molar-refractivity contribution >= 4 is 11.7 Å². The molecular weight excluding hydrogens is 372 g/mol. The number of nitrogens with one attached hydrogen (secondary N) is 2. The molecule has 0 spiro atoms. The first-order valence-corrected chi connectivity index (χ1v) is 8.38. The Balaban J connectivity index is 1.83. The van der Waals surface area contributed by atoms with Gasteiger partial charge in [-0.15, -0.1) is 0 Å². The normalized spacial score (nSPS) is 12.3. The predicted octanol–water partition coefficient (Wildman–Crippen LogP) is 5.76. The third-order valence-electron chi connectivity index (χ3n) is 4.08. The van der Waals surface area contributed by atoms with Crippen LogP contribution in [0.2, 0.25) is 0 Å². The highest BCUT2D eigenvalue weighted by molar-refractivity contribution is 5.89. The number of carbonyl (C=O) groups excluding carboxylic acids is 1. The Morgan fingerprint density at radius 1 is 0.786 bits per heavy atom. The summed E-state index contributed by atoms with van der Waals surface area (Å²) in [5.74, 6) is -0.433. The summed E-state index contributed by atoms with van der Waals surface area (Å²) < 4.78 is 51.4. The Kier molecular flexibility index (Phi) is 5.63. The molecule has 3 aromatic rings. The van der Waals surface area contributed by atoms with Gasteiger partial charge in [0.15, 0.2) is 0 Å². The Labute approximate surface area is 159 Å². The molecule has 0 aliphatic rings. The minimum atomic E-state index is -4.44. The molecule has 3 aromatic carbocycles. The van der Waals surface area contributed by atoms with Gasteiger partial charge in [-0.2, -0.15) is 13.2 Å². The minimum absolute atomic E-state index is 0.387. The molecule has 0 radical (unpaired) electrons. The fourth-order valence-electron chi connectivity index (χ4n) is 2.70. The van der Waals surface area contributed by atoms with Crippen molar-refractivity contribution in [1.29, 1.82) is 0 Å². The van der Waals surface area contributed by atoms with E-state index in [4.69, 9.17) is 0 Å². The van der Waals surface area contributed by atoms with Gasteiger partial charge in [-0.25, -0.2) is 9.18 Å². The molecule has 0 saturated carbocycles. The average molecular weight is 388 g/mol. The topological polar surface area (TPSA) is 41.1 Å². The summed E-state index contributed by atoms with van der Waals surface area (Å²) in [6, 6.07) is 17.5. The van der Waals surface area contributed by atoms with Crippen molar-refractivity contribution in [2.75, 3.05) is 5.32 Å². The number of halogens is 4. The number of urea groups is 1. The summed E-state index contributed by atoms with van der Waals surface area (Å²) in [5.41, 5.74) is 0.821. The third kappa shape index (κ3) is 4.88. The van der Waals surface area contributed by atoms with Crippen LogP contribution >= 0.6 is 0 Å². The lowest BCUT2D eigenvalue weighted by Crippen LogP contribution is -2.33. The third-order valence-corrected chi connectivity index (χ3v) is 4.08. The predicted molar refractivity (Wildman–Crippen MR) is 98.3 cm³/mol. The van der Waals surface area contributed by atoms with Gasteiger partial charge in [-0.1, -0.05) is 42.5 Å². The maximum absolute atomic E-state index is 13.0. The molecule has 1 unspecified atom stereocenters. The van der Waals surface area contributed by atoms with Gasteiger partial charge in [0, 0.05) is 5.69 Å². The smallest absolute Gasteiger partial charge is 0.327 e. The van der Waals surface area contributed by atoms with Gasteiger partial charge in [0.05, 0.1) is 11.6 Å². The molecule has 0 aliphatic heterocycles. The first kappa shape index (κ1) is 19.4. The van der Waals surface area contributed by atoms with Crippen molar-refractivity contribution in [1.82, 2.24) is 5.32 Å². The van der Waals surface area contributed by atoms with Gasteiger partial charge in [-0.3, -0.25) is 0 Å². The van der Waals surface area contributed by atoms with Gasteiger partial charge in [0.1, 0.15) is 5.82 Å². The average Bonchev–Trinajstić information content (AvgIpc) is 2.68. The van der Waals surface area contributed by atoms with E-state index in [0.29, 0.717) is 16.8 Å². The van der Waals surface area contributed by atoms with Gasteiger partial charge >= 0.3 is 12.2 Å². The number of rotatable bonds is 4. The molecule has 144 valence electrons. The first-order valence-electron chi connectivity index (χ1n) is 8.38. The molecule has 3 nitrogen and oxygen atoms in total. The quantitative estimate of drug-likeness (QED) is 0.549. The molecule has 28 heavy (non-hydrogen) atoms. The summed E-state index contributed by atoms with van der Waals surface area (Å²) >= 11 is 0. The lowest BCUT2D eigenvalue weighted by atomic mass is 9.97. The number of carbonyl (C=O) groups is 1. The van der Waals surface area contributed by atoms with Gasteiger partial charge in [-0.05, 0) is 47.5 Å². The fourth-order valence-corrected chi connectivity index (χ4v) is 2.70. The maximum atomic E-state index is 13.0. The Hall–Kier alpha value is -3.35. The molecule has 2 N–H and O–H groups in total. The van der Waals surface area contributed by atoms with Crippen LogP contribution in [0.15, 0.2) is 78.9 Å². The molecule has 7 heteroatoms. The summed E-state index contributed by atoms with van der Waals surface area (Å²) in [7, 11) is 0. The highest BCUT2D eigenvalue weighted by Gasteiger charge is 2.30. The monoisotopic (exact) mass is 388 g/mol. The zero-order valence-corrected chi connectivity index (χ0v) is 14.5. The van der Waals surface area contributed by atoms with Crippen LogP contribution in [0.4, 0.5) is 28.0 Å². The highest BCUT2D eigenvalue weighted by Crippen LogP contribution is 2.31. The second-order valence-electron chi connectivity index (χ2n) is 6.07. The molecule has 0 bridgehead atoms. The van der Waals surface area contributed by atoms with E-state index in [1.165, 1.54) is 36.4 Å². The van der Waals surface area contributed by atoms with Crippen LogP contribution in [-0.2, 0) is 6.18 Å². The van der Waals surface area contributed by atoms with Crippen LogP contribution in [0.1, 0.15) is 22.7 Å². The molecule has 0 fully saturated rings. The lowest BCUT2D eigenvalue weighted by Gasteiger charge is -2.21. The summed E-state index contributed by atoms with van der Waals surface area (Å²) in [6.45, 7) is 0. The standard InChI is InChI=1S/C21H16F4N2O/c22-17-10-12-18(13-11-17)26-20(28)27-19(14-4-2-1-3-5-14)15-6-8-16(9-7-15)21(23,24)25/h1-13,19H,(H2,26,27,28). The van der Waals surface area contributed by atoms with Crippen LogP contribution in [-0.4, -0.2) is 6.03 Å². The second kappa shape index (κ2) is 8.12. The van der Waals surface area contributed by atoms with Crippen LogP contribution < -0.4 is 10.6 Å². The number of benzene rings is 3. The molecule has 1 atom stereocenters. The summed E-state index contributed by atoms with van der Waals surface area (Å²) in [5, 5.41) is 5.32. The van der Waals surface area contributed by atoms with E-state index in [1.54, 1.807) is 30.3 Å². The first-order chi connectivity index (χ1) is 13.3. The van der Waals surface area contributed by atoms with E-state index in [2.05, 4.69) is 10.6 Å². The summed E-state index contributed by atoms with van der Waals surface area (Å²) in [4.78, 5) is 12.4. The Bertz CT molecular complexity index is 923. The SMILES string of the molecule is O=C(Nc1ccc(F)cc1)NC(c1ccccc1)c1ccc(C(F)(F)F)cc1. The van der Waals surface area contributed by atoms with Crippen molar-refractivity contribution in [3.8, 4) is 0 Å². The lowest BCUT2D eigenvalue weighted by molar-refractivity contribution is -0.137. The van der Waals surface area contributed by atoms with Gasteiger partial charge < -0.3 is 10.6 Å². The zero-order valence-electron chi connectivity index (χ0n) is 14.5. The van der Waals surface area contributed by atoms with Crippen LogP contribution in [0.25, 0.3) is 0 Å². The van der Waals surface area contributed by atoms with Crippen molar-refractivity contribution < 1.29 is 22.4 Å². The molecule has 2 amide bonds. The van der Waals surface area contributed by atoms with Crippen LogP contribution in [0.5, 0.6) is 0 Å². The number of hydrogen-bond donors (Lipinski definition) is 2. The van der Waals surface area contributed by atoms with Crippen molar-refractivity contribution in [2.45, 2.75) is 12.2 Å². The second-order valence-corrected chi connectivity index (χ2v) is 6.07. The fraction of sp³-hybridized carbons (Fsp3) is 0.0952. The van der Waals surface area contributed by atoms with Crippen LogP contribution in [0, 0.1) is 5.82 Å². The number of anilines is 1. The molecule has 0 aliphatic carbocycles. The van der Waals surface area contributed by atoms with Gasteiger partial charge in [0.25, 0.3) is 0 Å². The van der Waals surface area contributed by atoms with Gasteiger partial charge in [0.2, 0.25) is 0 Å². The van der Waals surface area contributed by atoms with E-state index < -0.39 is 29.6 Å². The highest BCUT2D eigenvalue weighted by atomic mass is 19.4. The molecule has 0 aromatic heterocycles.